The van der Waals surface area contributed by atoms with E-state index in [0.29, 0.717) is 39.8 Å². The first-order chi connectivity index (χ1) is 16.5. The largest absolute Gasteiger partial charge is 0.494 e. The zero-order valence-corrected chi connectivity index (χ0v) is 20.3. The quantitative estimate of drug-likeness (QED) is 0.376. The molecular weight excluding hydrogens is 472 g/mol. The van der Waals surface area contributed by atoms with Gasteiger partial charge in [0, 0.05) is 5.02 Å². The lowest BCUT2D eigenvalue weighted by atomic mass is 10.2. The Morgan fingerprint density at radius 2 is 1.76 bits per heavy atom. The average molecular weight is 495 g/mol. The van der Waals surface area contributed by atoms with Gasteiger partial charge < -0.3 is 19.5 Å². The van der Waals surface area contributed by atoms with E-state index in [9.17, 15) is 4.79 Å². The topological polar surface area (TPSA) is 69.2 Å². The molecule has 1 fully saturated rings. The molecule has 6 nitrogen and oxygen atoms in total. The molecule has 0 aliphatic carbocycles. The molecule has 1 heterocycles. The van der Waals surface area contributed by atoms with Gasteiger partial charge >= 0.3 is 0 Å². The van der Waals surface area contributed by atoms with Gasteiger partial charge in [0.25, 0.3) is 5.91 Å². The molecule has 0 spiro atoms. The summed E-state index contributed by atoms with van der Waals surface area (Å²) in [7, 11) is 1.58. The van der Waals surface area contributed by atoms with Crippen LogP contribution in [0.25, 0.3) is 6.08 Å². The van der Waals surface area contributed by atoms with Gasteiger partial charge in [0.05, 0.1) is 24.3 Å². The van der Waals surface area contributed by atoms with Crippen molar-refractivity contribution in [2.24, 2.45) is 4.99 Å². The molecule has 0 atom stereocenters. The predicted molar refractivity (Wildman–Crippen MR) is 137 cm³/mol. The van der Waals surface area contributed by atoms with Gasteiger partial charge in [0.15, 0.2) is 16.7 Å². The van der Waals surface area contributed by atoms with Crippen molar-refractivity contribution in [1.82, 2.24) is 5.32 Å². The van der Waals surface area contributed by atoms with Crippen LogP contribution in [0.2, 0.25) is 5.02 Å². The number of amides is 1. The number of aliphatic imine (C=N–C) groups is 1. The molecule has 1 N–H and O–H groups in total. The van der Waals surface area contributed by atoms with E-state index in [1.54, 1.807) is 13.2 Å². The van der Waals surface area contributed by atoms with Gasteiger partial charge in [0.2, 0.25) is 0 Å². The van der Waals surface area contributed by atoms with E-state index < -0.39 is 0 Å². The van der Waals surface area contributed by atoms with Crippen molar-refractivity contribution in [2.45, 2.75) is 13.5 Å². The molecule has 0 radical (unpaired) electrons. The zero-order valence-electron chi connectivity index (χ0n) is 18.7. The summed E-state index contributed by atoms with van der Waals surface area (Å²) < 4.78 is 16.8. The molecule has 34 heavy (non-hydrogen) atoms. The van der Waals surface area contributed by atoms with E-state index in [-0.39, 0.29) is 5.91 Å². The number of rotatable bonds is 8. The van der Waals surface area contributed by atoms with Crippen LogP contribution in [0.3, 0.4) is 0 Å². The highest BCUT2D eigenvalue weighted by Crippen LogP contribution is 2.33. The lowest BCUT2D eigenvalue weighted by Gasteiger charge is -2.11. The minimum absolute atomic E-state index is 0.197. The van der Waals surface area contributed by atoms with E-state index in [4.69, 9.17) is 25.8 Å². The van der Waals surface area contributed by atoms with Gasteiger partial charge in [-0.2, -0.15) is 0 Å². The second-order valence-electron chi connectivity index (χ2n) is 7.23. The molecule has 1 saturated heterocycles. The summed E-state index contributed by atoms with van der Waals surface area (Å²) in [5.41, 5.74) is 2.54. The van der Waals surface area contributed by atoms with Crippen LogP contribution in [0.4, 0.5) is 5.69 Å². The molecule has 8 heteroatoms. The Morgan fingerprint density at radius 3 is 2.47 bits per heavy atom. The molecule has 1 amide bonds. The summed E-state index contributed by atoms with van der Waals surface area (Å²) in [5, 5.41) is 4.01. The maximum absolute atomic E-state index is 12.5. The first kappa shape index (κ1) is 23.7. The molecule has 0 aromatic heterocycles. The lowest BCUT2D eigenvalue weighted by Crippen LogP contribution is -2.19. The van der Waals surface area contributed by atoms with E-state index >= 15 is 0 Å². The third-order valence-electron chi connectivity index (χ3n) is 4.82. The SMILES string of the molecule is CCOc1ccc(N=C2NC(=O)C(=Cc3ccc(OCc4ccc(Cl)cc4)c(OC)c3)S2)cc1. The van der Waals surface area contributed by atoms with Crippen LogP contribution in [0.1, 0.15) is 18.1 Å². The Bertz CT molecular complexity index is 1220. The minimum Gasteiger partial charge on any atom is -0.494 e. The Kier molecular flexibility index (Phi) is 7.77. The molecule has 3 aromatic rings. The fourth-order valence-electron chi connectivity index (χ4n) is 3.17. The normalized spacial score (nSPS) is 15.4. The summed E-state index contributed by atoms with van der Waals surface area (Å²) in [6, 6.07) is 20.4. The van der Waals surface area contributed by atoms with Gasteiger partial charge in [-0.1, -0.05) is 29.8 Å². The molecule has 1 aliphatic rings. The highest BCUT2D eigenvalue weighted by atomic mass is 35.5. The van der Waals surface area contributed by atoms with Crippen molar-refractivity contribution in [2.75, 3.05) is 13.7 Å². The molecule has 0 saturated carbocycles. The van der Waals surface area contributed by atoms with E-state index in [1.165, 1.54) is 11.8 Å². The van der Waals surface area contributed by atoms with E-state index in [2.05, 4.69) is 10.3 Å². The fourth-order valence-corrected chi connectivity index (χ4v) is 4.14. The van der Waals surface area contributed by atoms with Gasteiger partial charge in [-0.25, -0.2) is 4.99 Å². The monoisotopic (exact) mass is 494 g/mol. The highest BCUT2D eigenvalue weighted by Gasteiger charge is 2.24. The highest BCUT2D eigenvalue weighted by molar-refractivity contribution is 8.18. The third-order valence-corrected chi connectivity index (χ3v) is 5.98. The van der Waals surface area contributed by atoms with Crippen LogP contribution in [0.15, 0.2) is 76.6 Å². The Hall–Kier alpha value is -3.42. The number of halogens is 1. The van der Waals surface area contributed by atoms with Crippen LogP contribution < -0.4 is 19.5 Å². The number of carbonyl (C=O) groups is 1. The van der Waals surface area contributed by atoms with E-state index in [0.717, 1.165) is 22.6 Å². The molecule has 0 bridgehead atoms. The first-order valence-corrected chi connectivity index (χ1v) is 11.8. The Balaban J connectivity index is 1.45. The van der Waals surface area contributed by atoms with Crippen LogP contribution >= 0.6 is 23.4 Å². The summed E-state index contributed by atoms with van der Waals surface area (Å²) in [4.78, 5) is 17.5. The summed E-state index contributed by atoms with van der Waals surface area (Å²) in [6.45, 7) is 2.93. The number of benzene rings is 3. The molecule has 4 rings (SSSR count). The number of nitrogens with zero attached hydrogens (tertiary/aromatic N) is 1. The van der Waals surface area contributed by atoms with Crippen LogP contribution in [0, 0.1) is 0 Å². The number of amidine groups is 1. The van der Waals surface area contributed by atoms with Gasteiger partial charge in [0.1, 0.15) is 12.4 Å². The average Bonchev–Trinajstić information content (AvgIpc) is 3.18. The second kappa shape index (κ2) is 11.1. The fraction of sp³-hybridized carbons (Fsp3) is 0.154. The van der Waals surface area contributed by atoms with Crippen molar-refractivity contribution >= 4 is 46.2 Å². The number of thioether (sulfide) groups is 1. The van der Waals surface area contributed by atoms with Crippen LogP contribution in [0.5, 0.6) is 17.2 Å². The number of ether oxygens (including phenoxy) is 3. The minimum atomic E-state index is -0.197. The van der Waals surface area contributed by atoms with E-state index in [1.807, 2.05) is 73.7 Å². The Morgan fingerprint density at radius 1 is 1.00 bits per heavy atom. The molecule has 0 unspecified atom stereocenters. The lowest BCUT2D eigenvalue weighted by molar-refractivity contribution is -0.115. The zero-order chi connectivity index (χ0) is 23.9. The summed E-state index contributed by atoms with van der Waals surface area (Å²) in [5.74, 6) is 1.78. The van der Waals surface area contributed by atoms with Crippen molar-refractivity contribution < 1.29 is 19.0 Å². The number of methoxy groups -OCH3 is 1. The number of carbonyl (C=O) groups excluding carboxylic acids is 1. The third kappa shape index (κ3) is 6.12. The van der Waals surface area contributed by atoms with Crippen molar-refractivity contribution in [3.63, 3.8) is 0 Å². The van der Waals surface area contributed by atoms with Crippen molar-refractivity contribution in [3.8, 4) is 17.2 Å². The molecular formula is C26H23ClN2O4S. The van der Waals surface area contributed by atoms with Crippen LogP contribution in [-0.4, -0.2) is 24.8 Å². The number of nitrogens with one attached hydrogen (secondary N) is 1. The molecule has 174 valence electrons. The van der Waals surface area contributed by atoms with Crippen LogP contribution in [-0.2, 0) is 11.4 Å². The van der Waals surface area contributed by atoms with Crippen molar-refractivity contribution in [1.29, 1.82) is 0 Å². The van der Waals surface area contributed by atoms with Gasteiger partial charge in [-0.05, 0) is 84.4 Å². The number of hydrogen-bond acceptors (Lipinski definition) is 6. The summed E-state index contributed by atoms with van der Waals surface area (Å²) >= 11 is 7.22. The summed E-state index contributed by atoms with van der Waals surface area (Å²) in [6.07, 6.45) is 1.80. The number of hydrogen-bond donors (Lipinski definition) is 1. The van der Waals surface area contributed by atoms with Crippen molar-refractivity contribution in [3.05, 3.63) is 87.8 Å². The second-order valence-corrected chi connectivity index (χ2v) is 8.70. The standard InChI is InChI=1S/C26H23ClN2O4S/c1-3-32-21-11-9-20(10-12-21)28-26-29-25(30)24(34-26)15-18-6-13-22(23(14-18)31-2)33-16-17-4-7-19(27)8-5-17/h4-15H,3,16H2,1-2H3,(H,28,29,30). The smallest absolute Gasteiger partial charge is 0.264 e. The maximum atomic E-state index is 12.5. The first-order valence-electron chi connectivity index (χ1n) is 10.6. The Labute approximate surface area is 207 Å². The maximum Gasteiger partial charge on any atom is 0.264 e. The van der Waals surface area contributed by atoms with Gasteiger partial charge in [-0.15, -0.1) is 0 Å². The predicted octanol–water partition coefficient (Wildman–Crippen LogP) is 6.22. The molecule has 1 aliphatic heterocycles. The molecule has 3 aromatic carbocycles. The van der Waals surface area contributed by atoms with Gasteiger partial charge in [-0.3, -0.25) is 4.79 Å².